The average molecular weight is 331 g/mol. The number of aliphatic hydroxyl groups excluding tert-OH is 1. The maximum absolute atomic E-state index is 9.18. The highest BCUT2D eigenvalue weighted by atomic mass is 16.3. The van der Waals surface area contributed by atoms with Crippen molar-refractivity contribution in [2.75, 3.05) is 5.32 Å². The van der Waals surface area contributed by atoms with Crippen molar-refractivity contribution in [3.05, 3.63) is 78.5 Å². The van der Waals surface area contributed by atoms with E-state index in [1.54, 1.807) is 12.4 Å². The molecule has 25 heavy (non-hydrogen) atoms. The summed E-state index contributed by atoms with van der Waals surface area (Å²) < 4.78 is 2.01. The summed E-state index contributed by atoms with van der Waals surface area (Å²) in [5, 5.41) is 12.5. The Balaban J connectivity index is 1.65. The van der Waals surface area contributed by atoms with Crippen molar-refractivity contribution in [3.63, 3.8) is 0 Å². The zero-order chi connectivity index (χ0) is 17.1. The molecule has 0 aliphatic rings. The third kappa shape index (κ3) is 3.07. The van der Waals surface area contributed by atoms with Crippen LogP contribution in [0.1, 0.15) is 11.1 Å². The fraction of sp³-hybridized carbons (Fsp3) is 0.105. The Morgan fingerprint density at radius 2 is 1.84 bits per heavy atom. The number of nitrogens with one attached hydrogen (secondary N) is 1. The quantitative estimate of drug-likeness (QED) is 0.588. The lowest BCUT2D eigenvalue weighted by molar-refractivity contribution is 0.282. The van der Waals surface area contributed by atoms with Crippen molar-refractivity contribution >= 4 is 11.5 Å². The van der Waals surface area contributed by atoms with Crippen LogP contribution >= 0.6 is 0 Å². The first-order chi connectivity index (χ1) is 12.3. The number of benzene rings is 1. The number of imidazole rings is 1. The van der Waals surface area contributed by atoms with Gasteiger partial charge in [0.2, 0.25) is 0 Å². The monoisotopic (exact) mass is 331 g/mol. The second-order valence-corrected chi connectivity index (χ2v) is 5.68. The normalized spacial score (nSPS) is 10.9. The minimum Gasteiger partial charge on any atom is -0.392 e. The summed E-state index contributed by atoms with van der Waals surface area (Å²) in [4.78, 5) is 13.0. The zero-order valence-electron chi connectivity index (χ0n) is 13.5. The van der Waals surface area contributed by atoms with Gasteiger partial charge in [-0.15, -0.1) is 0 Å². The van der Waals surface area contributed by atoms with Crippen LogP contribution in [0.25, 0.3) is 16.9 Å². The number of aromatic nitrogens is 4. The van der Waals surface area contributed by atoms with E-state index < -0.39 is 0 Å². The number of rotatable bonds is 5. The van der Waals surface area contributed by atoms with Gasteiger partial charge in [-0.2, -0.15) is 0 Å². The van der Waals surface area contributed by atoms with Crippen molar-refractivity contribution in [3.8, 4) is 11.3 Å². The van der Waals surface area contributed by atoms with E-state index in [1.807, 2.05) is 59.4 Å². The molecule has 0 radical (unpaired) electrons. The van der Waals surface area contributed by atoms with Gasteiger partial charge in [-0.1, -0.05) is 30.3 Å². The molecule has 2 N–H and O–H groups in total. The Bertz CT molecular complexity index is 980. The summed E-state index contributed by atoms with van der Waals surface area (Å²) in [6, 6.07) is 11.7. The van der Waals surface area contributed by atoms with E-state index >= 15 is 0 Å². The molecule has 0 atom stereocenters. The van der Waals surface area contributed by atoms with Crippen molar-refractivity contribution in [2.45, 2.75) is 13.2 Å². The molecule has 3 heterocycles. The van der Waals surface area contributed by atoms with E-state index in [2.05, 4.69) is 20.3 Å². The molecule has 0 fully saturated rings. The first kappa shape index (κ1) is 15.3. The molecule has 6 nitrogen and oxygen atoms in total. The predicted molar refractivity (Wildman–Crippen MR) is 95.9 cm³/mol. The summed E-state index contributed by atoms with van der Waals surface area (Å²) in [5.41, 5.74) is 4.75. The summed E-state index contributed by atoms with van der Waals surface area (Å²) in [5.74, 6) is 0.726. The molecule has 0 bridgehead atoms. The first-order valence-corrected chi connectivity index (χ1v) is 8.00. The predicted octanol–water partition coefficient (Wildman–Crippen LogP) is 2.90. The first-order valence-electron chi connectivity index (χ1n) is 8.00. The number of nitrogens with zero attached hydrogens (tertiary/aromatic N) is 4. The molecule has 124 valence electrons. The van der Waals surface area contributed by atoms with E-state index in [0.717, 1.165) is 33.8 Å². The van der Waals surface area contributed by atoms with Gasteiger partial charge in [0.15, 0.2) is 11.5 Å². The Morgan fingerprint density at radius 1 is 0.960 bits per heavy atom. The Morgan fingerprint density at radius 3 is 2.60 bits per heavy atom. The number of hydrogen-bond acceptors (Lipinski definition) is 5. The molecule has 0 saturated carbocycles. The van der Waals surface area contributed by atoms with Crippen LogP contribution in [0.2, 0.25) is 0 Å². The second kappa shape index (κ2) is 6.70. The van der Waals surface area contributed by atoms with Gasteiger partial charge in [0, 0.05) is 36.9 Å². The van der Waals surface area contributed by atoms with Crippen LogP contribution in [0.4, 0.5) is 5.82 Å². The molecule has 4 rings (SSSR count). The van der Waals surface area contributed by atoms with Crippen molar-refractivity contribution in [1.29, 1.82) is 0 Å². The Labute approximate surface area is 144 Å². The fourth-order valence-electron chi connectivity index (χ4n) is 2.73. The average Bonchev–Trinajstić information content (AvgIpc) is 3.12. The molecule has 4 aromatic rings. The van der Waals surface area contributed by atoms with Crippen LogP contribution in [0.3, 0.4) is 0 Å². The molecule has 0 amide bonds. The van der Waals surface area contributed by atoms with Gasteiger partial charge in [0.25, 0.3) is 0 Å². The molecule has 6 heteroatoms. The van der Waals surface area contributed by atoms with Crippen LogP contribution in [0.15, 0.2) is 67.4 Å². The van der Waals surface area contributed by atoms with Crippen molar-refractivity contribution in [2.24, 2.45) is 0 Å². The highest BCUT2D eigenvalue weighted by Crippen LogP contribution is 2.24. The maximum atomic E-state index is 9.18. The summed E-state index contributed by atoms with van der Waals surface area (Å²) >= 11 is 0. The molecule has 0 aliphatic carbocycles. The van der Waals surface area contributed by atoms with Crippen LogP contribution in [-0.2, 0) is 13.2 Å². The lowest BCUT2D eigenvalue weighted by atomic mass is 10.1. The SMILES string of the molecule is OCc1ccc(-c2cnc3c(NCc4cccnc4)nccn23)cc1. The second-order valence-electron chi connectivity index (χ2n) is 5.68. The standard InChI is InChI=1S/C19H17N5O/c25-13-14-3-5-16(6-4-14)17-12-23-19-18(21-8-9-24(17)19)22-11-15-2-1-7-20-10-15/h1-10,12,25H,11,13H2,(H,21,22). The highest BCUT2D eigenvalue weighted by molar-refractivity contribution is 5.70. The molecular weight excluding hydrogens is 314 g/mol. The third-order valence-corrected chi connectivity index (χ3v) is 4.04. The van der Waals surface area contributed by atoms with Gasteiger partial charge in [0.05, 0.1) is 18.5 Å². The minimum absolute atomic E-state index is 0.0414. The van der Waals surface area contributed by atoms with Gasteiger partial charge in [-0.05, 0) is 17.2 Å². The number of hydrogen-bond donors (Lipinski definition) is 2. The van der Waals surface area contributed by atoms with E-state index in [-0.39, 0.29) is 6.61 Å². The van der Waals surface area contributed by atoms with Crippen LogP contribution < -0.4 is 5.32 Å². The van der Waals surface area contributed by atoms with E-state index in [1.165, 1.54) is 0 Å². The third-order valence-electron chi connectivity index (χ3n) is 4.04. The van der Waals surface area contributed by atoms with Gasteiger partial charge in [-0.25, -0.2) is 9.97 Å². The van der Waals surface area contributed by atoms with Gasteiger partial charge < -0.3 is 10.4 Å². The van der Waals surface area contributed by atoms with E-state index in [0.29, 0.717) is 6.54 Å². The molecule has 0 aliphatic heterocycles. The van der Waals surface area contributed by atoms with Crippen molar-refractivity contribution < 1.29 is 5.11 Å². The molecule has 0 saturated heterocycles. The Hall–Kier alpha value is -3.25. The maximum Gasteiger partial charge on any atom is 0.180 e. The van der Waals surface area contributed by atoms with Crippen LogP contribution in [-0.4, -0.2) is 24.5 Å². The zero-order valence-corrected chi connectivity index (χ0v) is 13.5. The van der Waals surface area contributed by atoms with Crippen LogP contribution in [0.5, 0.6) is 0 Å². The van der Waals surface area contributed by atoms with Gasteiger partial charge in [0.1, 0.15) is 0 Å². The lowest BCUT2D eigenvalue weighted by Gasteiger charge is -2.08. The highest BCUT2D eigenvalue weighted by Gasteiger charge is 2.10. The van der Waals surface area contributed by atoms with Gasteiger partial charge >= 0.3 is 0 Å². The van der Waals surface area contributed by atoms with E-state index in [9.17, 15) is 5.11 Å². The number of anilines is 1. The minimum atomic E-state index is 0.0414. The van der Waals surface area contributed by atoms with Gasteiger partial charge in [-0.3, -0.25) is 9.38 Å². The Kier molecular flexibility index (Phi) is 4.10. The van der Waals surface area contributed by atoms with Crippen molar-refractivity contribution in [1.82, 2.24) is 19.4 Å². The molecule has 0 unspecified atom stereocenters. The molecular formula is C19H17N5O. The number of fused-ring (bicyclic) bond motifs is 1. The molecule has 1 aromatic carbocycles. The summed E-state index contributed by atoms with van der Waals surface area (Å²) in [6.45, 7) is 0.674. The smallest absolute Gasteiger partial charge is 0.180 e. The molecule has 3 aromatic heterocycles. The van der Waals surface area contributed by atoms with Crippen LogP contribution in [0, 0.1) is 0 Å². The summed E-state index contributed by atoms with van der Waals surface area (Å²) in [6.07, 6.45) is 9.07. The lowest BCUT2D eigenvalue weighted by Crippen LogP contribution is -2.04. The largest absolute Gasteiger partial charge is 0.392 e. The number of aliphatic hydroxyl groups is 1. The van der Waals surface area contributed by atoms with E-state index in [4.69, 9.17) is 0 Å². The molecule has 0 spiro atoms. The number of pyridine rings is 1. The topological polar surface area (TPSA) is 75.3 Å². The summed E-state index contributed by atoms with van der Waals surface area (Å²) in [7, 11) is 0. The fourth-order valence-corrected chi connectivity index (χ4v) is 2.73.